The predicted octanol–water partition coefficient (Wildman–Crippen LogP) is 1.03. The number of sulfonamides is 1. The number of hydrogen-bond donors (Lipinski definition) is 4. The molecule has 0 saturated heterocycles. The predicted molar refractivity (Wildman–Crippen MR) is 79.7 cm³/mol. The summed E-state index contributed by atoms with van der Waals surface area (Å²) in [5, 5.41) is 11.8. The molecule has 2 rings (SSSR count). The van der Waals surface area contributed by atoms with E-state index in [0.717, 1.165) is 16.5 Å². The molecule has 0 spiro atoms. The minimum atomic E-state index is -3.32. The van der Waals surface area contributed by atoms with Gasteiger partial charge in [0.1, 0.15) is 0 Å². The Hall–Kier alpha value is -2.06. The van der Waals surface area contributed by atoms with Crippen LogP contribution in [0.25, 0.3) is 10.9 Å². The maximum absolute atomic E-state index is 11.6. The van der Waals surface area contributed by atoms with Crippen molar-refractivity contribution in [1.29, 1.82) is 0 Å². The van der Waals surface area contributed by atoms with Crippen LogP contribution in [0.1, 0.15) is 11.1 Å². The molecule has 114 valence electrons. The smallest absolute Gasteiger partial charge is 0.404 e. The average Bonchev–Trinajstić information content (AvgIpc) is 2.81. The fraction of sp³-hybridized carbons (Fsp3) is 0.308. The normalized spacial score (nSPS) is 11.7. The van der Waals surface area contributed by atoms with E-state index < -0.39 is 16.1 Å². The fourth-order valence-corrected chi connectivity index (χ4v) is 2.88. The lowest BCUT2D eigenvalue weighted by atomic mass is 10.1. The third kappa shape index (κ3) is 3.96. The third-order valence-corrected chi connectivity index (χ3v) is 4.51. The molecule has 0 aliphatic rings. The van der Waals surface area contributed by atoms with Gasteiger partial charge in [0, 0.05) is 23.6 Å². The quantitative estimate of drug-likeness (QED) is 0.638. The number of carbonyl (C=O) groups is 1. The number of benzene rings is 1. The molecule has 21 heavy (non-hydrogen) atoms. The molecule has 0 aliphatic carbocycles. The highest BCUT2D eigenvalue weighted by Gasteiger charge is 2.11. The zero-order valence-electron chi connectivity index (χ0n) is 11.5. The van der Waals surface area contributed by atoms with E-state index in [0.29, 0.717) is 18.5 Å². The molecule has 0 fully saturated rings. The lowest BCUT2D eigenvalue weighted by Crippen LogP contribution is -2.23. The highest BCUT2D eigenvalue weighted by molar-refractivity contribution is 7.88. The van der Waals surface area contributed by atoms with Crippen LogP contribution in [-0.4, -0.2) is 38.2 Å². The van der Waals surface area contributed by atoms with Crippen LogP contribution in [0.5, 0.6) is 0 Å². The van der Waals surface area contributed by atoms with E-state index in [2.05, 4.69) is 15.0 Å². The molecule has 7 nitrogen and oxygen atoms in total. The Morgan fingerprint density at radius 3 is 2.81 bits per heavy atom. The molecule has 1 amide bonds. The number of nitrogens with one attached hydrogen (secondary N) is 3. The van der Waals surface area contributed by atoms with Gasteiger partial charge in [-0.2, -0.15) is 0 Å². The molecule has 0 bridgehead atoms. The van der Waals surface area contributed by atoms with Gasteiger partial charge in [0.2, 0.25) is 10.0 Å². The second-order valence-electron chi connectivity index (χ2n) is 4.64. The highest BCUT2D eigenvalue weighted by Crippen LogP contribution is 2.21. The summed E-state index contributed by atoms with van der Waals surface area (Å²) >= 11 is 0. The van der Waals surface area contributed by atoms with Gasteiger partial charge in [0.25, 0.3) is 0 Å². The van der Waals surface area contributed by atoms with Crippen molar-refractivity contribution in [3.8, 4) is 0 Å². The van der Waals surface area contributed by atoms with Crippen LogP contribution in [0.2, 0.25) is 0 Å². The van der Waals surface area contributed by atoms with Gasteiger partial charge >= 0.3 is 6.09 Å². The van der Waals surface area contributed by atoms with Gasteiger partial charge in [-0.1, -0.05) is 6.07 Å². The Bertz CT molecular complexity index is 752. The van der Waals surface area contributed by atoms with Crippen molar-refractivity contribution in [3.05, 3.63) is 35.5 Å². The van der Waals surface area contributed by atoms with Gasteiger partial charge < -0.3 is 15.4 Å². The number of carboxylic acid groups (broad SMARTS) is 1. The maximum atomic E-state index is 11.6. The van der Waals surface area contributed by atoms with Gasteiger partial charge in [-0.3, -0.25) is 0 Å². The van der Waals surface area contributed by atoms with Crippen molar-refractivity contribution in [1.82, 2.24) is 15.0 Å². The van der Waals surface area contributed by atoms with Crippen LogP contribution in [0.3, 0.4) is 0 Å². The number of aromatic nitrogens is 1. The van der Waals surface area contributed by atoms with E-state index in [-0.39, 0.29) is 5.75 Å². The molecule has 1 aromatic carbocycles. The summed E-state index contributed by atoms with van der Waals surface area (Å²) in [5.41, 5.74) is 2.53. The molecule has 0 atom stereocenters. The van der Waals surface area contributed by atoms with Crippen LogP contribution in [0, 0.1) is 0 Å². The second kappa shape index (κ2) is 6.15. The van der Waals surface area contributed by atoms with E-state index in [1.807, 2.05) is 18.3 Å². The molecule has 1 heterocycles. The lowest BCUT2D eigenvalue weighted by molar-refractivity contribution is 0.194. The van der Waals surface area contributed by atoms with E-state index in [1.165, 1.54) is 7.05 Å². The zero-order chi connectivity index (χ0) is 15.5. The zero-order valence-corrected chi connectivity index (χ0v) is 12.3. The van der Waals surface area contributed by atoms with Gasteiger partial charge in [0.15, 0.2) is 0 Å². The van der Waals surface area contributed by atoms with Crippen molar-refractivity contribution in [3.63, 3.8) is 0 Å². The Morgan fingerprint density at radius 1 is 1.38 bits per heavy atom. The second-order valence-corrected chi connectivity index (χ2v) is 6.57. The Labute approximate surface area is 122 Å². The molecular formula is C13H17N3O4S. The van der Waals surface area contributed by atoms with Crippen LogP contribution >= 0.6 is 0 Å². The number of rotatable bonds is 6. The van der Waals surface area contributed by atoms with Gasteiger partial charge in [-0.15, -0.1) is 0 Å². The summed E-state index contributed by atoms with van der Waals surface area (Å²) in [4.78, 5) is 13.5. The topological polar surface area (TPSA) is 111 Å². The number of H-pyrrole nitrogens is 1. The Kier molecular flexibility index (Phi) is 4.49. The van der Waals surface area contributed by atoms with Crippen LogP contribution < -0.4 is 10.0 Å². The first-order chi connectivity index (χ1) is 9.91. The molecule has 0 radical (unpaired) electrons. The summed E-state index contributed by atoms with van der Waals surface area (Å²) < 4.78 is 25.4. The van der Waals surface area contributed by atoms with E-state index in [1.54, 1.807) is 6.07 Å². The molecule has 0 aliphatic heterocycles. The van der Waals surface area contributed by atoms with Gasteiger partial charge in [-0.05, 0) is 36.7 Å². The first-order valence-electron chi connectivity index (χ1n) is 6.38. The maximum Gasteiger partial charge on any atom is 0.404 e. The van der Waals surface area contributed by atoms with Crippen molar-refractivity contribution >= 4 is 27.0 Å². The van der Waals surface area contributed by atoms with Crippen molar-refractivity contribution in [2.75, 3.05) is 13.6 Å². The number of hydrogen-bond acceptors (Lipinski definition) is 3. The number of aromatic amines is 1. The first-order valence-corrected chi connectivity index (χ1v) is 8.03. The van der Waals surface area contributed by atoms with Gasteiger partial charge in [0.05, 0.1) is 5.75 Å². The highest BCUT2D eigenvalue weighted by atomic mass is 32.2. The molecule has 0 saturated carbocycles. The molecular weight excluding hydrogens is 294 g/mol. The molecule has 0 unspecified atom stereocenters. The Morgan fingerprint density at radius 2 is 2.14 bits per heavy atom. The van der Waals surface area contributed by atoms with Crippen LogP contribution in [0.4, 0.5) is 4.79 Å². The molecule has 4 N–H and O–H groups in total. The lowest BCUT2D eigenvalue weighted by Gasteiger charge is -2.04. The molecule has 1 aromatic heterocycles. The van der Waals surface area contributed by atoms with E-state index >= 15 is 0 Å². The summed E-state index contributed by atoms with van der Waals surface area (Å²) in [5.74, 6) is -0.0859. The molecule has 8 heteroatoms. The summed E-state index contributed by atoms with van der Waals surface area (Å²) in [6.07, 6.45) is 1.29. The van der Waals surface area contributed by atoms with Gasteiger partial charge in [-0.25, -0.2) is 17.9 Å². The third-order valence-electron chi connectivity index (χ3n) is 3.17. The molecule has 2 aromatic rings. The minimum Gasteiger partial charge on any atom is -0.465 e. The van der Waals surface area contributed by atoms with Crippen molar-refractivity contribution in [2.24, 2.45) is 0 Å². The fourth-order valence-electron chi connectivity index (χ4n) is 2.12. The van der Waals surface area contributed by atoms with E-state index in [4.69, 9.17) is 5.11 Å². The monoisotopic (exact) mass is 311 g/mol. The first kappa shape index (κ1) is 15.3. The van der Waals surface area contributed by atoms with Crippen LogP contribution in [-0.2, 0) is 22.2 Å². The number of fused-ring (bicyclic) bond motifs is 1. The summed E-state index contributed by atoms with van der Waals surface area (Å²) in [6.45, 7) is 0.307. The Balaban J connectivity index is 2.22. The van der Waals surface area contributed by atoms with E-state index in [9.17, 15) is 13.2 Å². The SMILES string of the molecule is CNS(=O)(=O)Cc1ccc2[nH]cc(CCNC(=O)O)c2c1. The largest absolute Gasteiger partial charge is 0.465 e. The summed E-state index contributed by atoms with van der Waals surface area (Å²) in [7, 11) is -1.93. The minimum absolute atomic E-state index is 0.0859. The standard InChI is InChI=1S/C13H17N3O4S/c1-14-21(19,20)8-9-2-3-12-11(6-9)10(7-16-12)4-5-15-13(17)18/h2-3,6-7,14-16H,4-5,8H2,1H3,(H,17,18). The average molecular weight is 311 g/mol. The van der Waals surface area contributed by atoms with Crippen molar-refractivity contribution in [2.45, 2.75) is 12.2 Å². The van der Waals surface area contributed by atoms with Crippen LogP contribution in [0.15, 0.2) is 24.4 Å². The van der Waals surface area contributed by atoms with Crippen molar-refractivity contribution < 1.29 is 18.3 Å². The number of amides is 1. The summed E-state index contributed by atoms with van der Waals surface area (Å²) in [6, 6.07) is 5.40.